The zero-order chi connectivity index (χ0) is 24.0. The van der Waals surface area contributed by atoms with Crippen molar-refractivity contribution >= 4 is 23.2 Å². The molecular weight excluding hydrogens is 471 g/mol. The molecule has 0 fully saturated rings. The monoisotopic (exact) mass is 492 g/mol. The third-order valence-corrected chi connectivity index (χ3v) is 6.98. The highest BCUT2D eigenvalue weighted by atomic mass is 35.5. The third-order valence-electron chi connectivity index (χ3n) is 6.38. The van der Waals surface area contributed by atoms with Gasteiger partial charge in [0.25, 0.3) is 0 Å². The summed E-state index contributed by atoms with van der Waals surface area (Å²) in [6.07, 6.45) is 2.42. The van der Waals surface area contributed by atoms with Gasteiger partial charge in [-0.25, -0.2) is 0 Å². The molecule has 4 nitrogen and oxygen atoms in total. The van der Waals surface area contributed by atoms with E-state index in [1.807, 2.05) is 30.3 Å². The highest BCUT2D eigenvalue weighted by Crippen LogP contribution is 2.42. The lowest BCUT2D eigenvalue weighted by atomic mass is 9.91. The summed E-state index contributed by atoms with van der Waals surface area (Å²) in [7, 11) is 0. The zero-order valence-corrected chi connectivity index (χ0v) is 19.7. The molecule has 0 saturated heterocycles. The van der Waals surface area contributed by atoms with Gasteiger partial charge in [-0.15, -0.1) is 0 Å². The van der Waals surface area contributed by atoms with Gasteiger partial charge < -0.3 is 20.4 Å². The minimum absolute atomic E-state index is 0.0197. The number of aryl methyl sites for hydroxylation is 4. The lowest BCUT2D eigenvalue weighted by Crippen LogP contribution is -1.98. The molecule has 6 rings (SSSR count). The Kier molecular flexibility index (Phi) is 5.80. The molecule has 2 aliphatic rings. The van der Waals surface area contributed by atoms with Gasteiger partial charge in [0, 0.05) is 16.7 Å². The topological polar surface area (TPSA) is 80.9 Å². The Labute approximate surface area is 207 Å². The normalized spacial score (nSPS) is 13.0. The SMILES string of the molecule is Oc1cc2c(cc1Cl)-c1ccc(cc1O)CCc1cc(Cl)c(O)c(c1)-c1cc(ccc1O)CC2. The van der Waals surface area contributed by atoms with Gasteiger partial charge in [0.2, 0.25) is 0 Å². The lowest BCUT2D eigenvalue weighted by molar-refractivity contribution is 0.469. The first kappa shape index (κ1) is 22.5. The first-order valence-corrected chi connectivity index (χ1v) is 11.7. The molecule has 172 valence electrons. The van der Waals surface area contributed by atoms with Gasteiger partial charge in [-0.2, -0.15) is 0 Å². The molecule has 0 heterocycles. The van der Waals surface area contributed by atoms with Gasteiger partial charge in [0.15, 0.2) is 0 Å². The first-order chi connectivity index (χ1) is 16.3. The van der Waals surface area contributed by atoms with Crippen molar-refractivity contribution in [2.24, 2.45) is 0 Å². The summed E-state index contributed by atoms with van der Waals surface area (Å²) in [5.41, 5.74) is 5.99. The Bertz CT molecular complexity index is 1430. The number of rotatable bonds is 0. The summed E-state index contributed by atoms with van der Waals surface area (Å²) in [6, 6.07) is 17.7. The fraction of sp³-hybridized carbons (Fsp3) is 0.143. The van der Waals surface area contributed by atoms with Crippen molar-refractivity contribution in [1.82, 2.24) is 0 Å². The maximum absolute atomic E-state index is 10.8. The van der Waals surface area contributed by atoms with Gasteiger partial charge in [0.1, 0.15) is 23.0 Å². The van der Waals surface area contributed by atoms with Gasteiger partial charge in [-0.1, -0.05) is 41.4 Å². The summed E-state index contributed by atoms with van der Waals surface area (Å²) in [6.45, 7) is 0. The summed E-state index contributed by atoms with van der Waals surface area (Å²) in [5, 5.41) is 42.8. The van der Waals surface area contributed by atoms with Crippen LogP contribution in [0.15, 0.2) is 60.7 Å². The van der Waals surface area contributed by atoms with Crippen LogP contribution in [0.25, 0.3) is 22.3 Å². The number of benzene rings is 4. The van der Waals surface area contributed by atoms with Crippen LogP contribution in [0.2, 0.25) is 10.0 Å². The molecule has 0 aromatic heterocycles. The van der Waals surface area contributed by atoms with E-state index in [4.69, 9.17) is 23.2 Å². The molecule has 0 saturated carbocycles. The number of phenolic OH excluding ortho intramolecular Hbond substituents is 4. The van der Waals surface area contributed by atoms with Crippen molar-refractivity contribution < 1.29 is 20.4 Å². The summed E-state index contributed by atoms with van der Waals surface area (Å²) >= 11 is 12.6. The summed E-state index contributed by atoms with van der Waals surface area (Å²) < 4.78 is 0. The van der Waals surface area contributed by atoms with Crippen molar-refractivity contribution in [3.63, 3.8) is 0 Å². The molecule has 6 heteroatoms. The second kappa shape index (κ2) is 8.79. The molecule has 4 aromatic carbocycles. The van der Waals surface area contributed by atoms with Crippen molar-refractivity contribution in [2.45, 2.75) is 25.7 Å². The molecule has 4 aromatic rings. The van der Waals surface area contributed by atoms with E-state index in [9.17, 15) is 20.4 Å². The van der Waals surface area contributed by atoms with Crippen LogP contribution in [-0.2, 0) is 25.7 Å². The summed E-state index contributed by atoms with van der Waals surface area (Å²) in [4.78, 5) is 0. The van der Waals surface area contributed by atoms with E-state index >= 15 is 0 Å². The molecule has 0 amide bonds. The predicted octanol–water partition coefficient (Wildman–Crippen LogP) is 7.03. The number of hydrogen-bond acceptors (Lipinski definition) is 4. The maximum atomic E-state index is 10.8. The van der Waals surface area contributed by atoms with Crippen LogP contribution in [-0.4, -0.2) is 20.4 Å². The molecule has 0 spiro atoms. The number of halogens is 2. The second-order valence-corrected chi connectivity index (χ2v) is 9.45. The minimum atomic E-state index is -0.0779. The molecule has 0 radical (unpaired) electrons. The van der Waals surface area contributed by atoms with E-state index in [1.165, 1.54) is 0 Å². The Morgan fingerprint density at radius 2 is 1.15 bits per heavy atom. The van der Waals surface area contributed by atoms with Gasteiger partial charge in [0.05, 0.1) is 10.0 Å². The Balaban J connectivity index is 1.70. The van der Waals surface area contributed by atoms with E-state index in [0.29, 0.717) is 42.4 Å². The van der Waals surface area contributed by atoms with E-state index < -0.39 is 0 Å². The van der Waals surface area contributed by atoms with Crippen molar-refractivity contribution in [3.8, 4) is 45.3 Å². The molecular formula is C28H22Cl2O4. The molecule has 2 aliphatic carbocycles. The van der Waals surface area contributed by atoms with E-state index in [2.05, 4.69) is 0 Å². The average Bonchev–Trinajstić information content (AvgIpc) is 2.81. The van der Waals surface area contributed by atoms with Crippen LogP contribution in [0.4, 0.5) is 0 Å². The molecule has 6 bridgehead atoms. The van der Waals surface area contributed by atoms with Crippen LogP contribution in [0.1, 0.15) is 22.3 Å². The smallest absolute Gasteiger partial charge is 0.142 e. The van der Waals surface area contributed by atoms with E-state index in [1.54, 1.807) is 30.3 Å². The Morgan fingerprint density at radius 1 is 0.471 bits per heavy atom. The van der Waals surface area contributed by atoms with Crippen LogP contribution in [0, 0.1) is 0 Å². The minimum Gasteiger partial charge on any atom is -0.507 e. The zero-order valence-electron chi connectivity index (χ0n) is 18.1. The van der Waals surface area contributed by atoms with Crippen molar-refractivity contribution in [2.75, 3.05) is 0 Å². The number of aromatic hydroxyl groups is 4. The molecule has 0 atom stereocenters. The maximum Gasteiger partial charge on any atom is 0.142 e. The predicted molar refractivity (Wildman–Crippen MR) is 135 cm³/mol. The van der Waals surface area contributed by atoms with Gasteiger partial charge in [-0.05, 0) is 96.0 Å². The van der Waals surface area contributed by atoms with Crippen molar-refractivity contribution in [3.05, 3.63) is 93.0 Å². The first-order valence-electron chi connectivity index (χ1n) is 11.0. The van der Waals surface area contributed by atoms with Crippen LogP contribution >= 0.6 is 23.2 Å². The molecule has 0 aliphatic heterocycles. The van der Waals surface area contributed by atoms with Crippen LogP contribution < -0.4 is 0 Å². The fourth-order valence-electron chi connectivity index (χ4n) is 4.55. The van der Waals surface area contributed by atoms with E-state index in [0.717, 1.165) is 27.8 Å². The standard InChI is InChI=1S/C28H22Cl2O4/c29-23-14-20-18(13-27(23)33)6-3-15-5-8-25(31)21(9-15)22-10-17(11-24(30)28(22)34)2-1-16-4-7-19(20)26(32)12-16/h4-5,7-14,31-34H,1-3,6H2. The molecule has 4 N–H and O–H groups in total. The fourth-order valence-corrected chi connectivity index (χ4v) is 4.96. The number of phenols is 4. The largest absolute Gasteiger partial charge is 0.507 e. The number of hydrogen-bond donors (Lipinski definition) is 4. The Morgan fingerprint density at radius 3 is 1.94 bits per heavy atom. The third kappa shape index (κ3) is 4.15. The van der Waals surface area contributed by atoms with Gasteiger partial charge in [-0.3, -0.25) is 0 Å². The van der Waals surface area contributed by atoms with Gasteiger partial charge >= 0.3 is 0 Å². The van der Waals surface area contributed by atoms with Crippen LogP contribution in [0.3, 0.4) is 0 Å². The van der Waals surface area contributed by atoms with Crippen LogP contribution in [0.5, 0.6) is 23.0 Å². The van der Waals surface area contributed by atoms with Crippen molar-refractivity contribution in [1.29, 1.82) is 0 Å². The summed E-state index contributed by atoms with van der Waals surface area (Å²) in [5.74, 6) is 0.0986. The Hall–Kier alpha value is -3.34. The highest BCUT2D eigenvalue weighted by Gasteiger charge is 2.18. The average molecular weight is 493 g/mol. The number of fused-ring (bicyclic) bond motifs is 4. The molecule has 34 heavy (non-hydrogen) atoms. The quantitative estimate of drug-likeness (QED) is 0.212. The highest BCUT2D eigenvalue weighted by molar-refractivity contribution is 6.32. The van der Waals surface area contributed by atoms with E-state index in [-0.39, 0.29) is 33.0 Å². The second-order valence-electron chi connectivity index (χ2n) is 8.64. The lowest BCUT2D eigenvalue weighted by Gasteiger charge is -2.16. The molecule has 0 unspecified atom stereocenters.